The molecule has 4 aromatic carbocycles. The first kappa shape index (κ1) is 28.0. The maximum Gasteiger partial charge on any atom is 0.303 e. The second-order valence-electron chi connectivity index (χ2n) is 9.25. The van der Waals surface area contributed by atoms with E-state index in [4.69, 9.17) is 4.74 Å². The summed E-state index contributed by atoms with van der Waals surface area (Å²) in [7, 11) is -3.75. The summed E-state index contributed by atoms with van der Waals surface area (Å²) in [4.78, 5) is 16.0. The van der Waals surface area contributed by atoms with Gasteiger partial charge in [0, 0.05) is 22.5 Å². The largest absolute Gasteiger partial charge is 0.481 e. The van der Waals surface area contributed by atoms with Gasteiger partial charge in [0.15, 0.2) is 15.0 Å². The first-order valence-electron chi connectivity index (χ1n) is 12.6. The maximum absolute atomic E-state index is 13.2. The van der Waals surface area contributed by atoms with Gasteiger partial charge in [-0.2, -0.15) is 0 Å². The fourth-order valence-corrected chi connectivity index (χ4v) is 6.56. The fourth-order valence-electron chi connectivity index (χ4n) is 4.24. The van der Waals surface area contributed by atoms with Crippen LogP contribution in [0.3, 0.4) is 0 Å². The Morgan fingerprint density at radius 3 is 2.17 bits per heavy atom. The summed E-state index contributed by atoms with van der Waals surface area (Å²) in [6, 6.07) is 28.2. The Hall–Kier alpha value is -4.54. The molecule has 1 aromatic heterocycles. The second-order valence-corrected chi connectivity index (χ2v) is 12.1. The van der Waals surface area contributed by atoms with Crippen LogP contribution in [0.2, 0.25) is 0 Å². The van der Waals surface area contributed by atoms with E-state index >= 15 is 0 Å². The number of hydrogen-bond acceptors (Lipinski definition) is 7. The highest BCUT2D eigenvalue weighted by Crippen LogP contribution is 2.30. The van der Waals surface area contributed by atoms with E-state index in [1.807, 2.05) is 17.5 Å². The van der Waals surface area contributed by atoms with Crippen LogP contribution in [0.1, 0.15) is 17.9 Å². The SMILES string of the molecule is O=C(O)CC(CS(=O)(=O)c1ccc(Oc2ccc(Nc3nc(-c4ccc(F)cc4)cs3)cc2)cc1)c1ccccc1. The molecule has 0 saturated carbocycles. The van der Waals surface area contributed by atoms with Crippen molar-refractivity contribution in [1.82, 2.24) is 4.98 Å². The zero-order valence-electron chi connectivity index (χ0n) is 21.6. The van der Waals surface area contributed by atoms with Gasteiger partial charge in [-0.25, -0.2) is 17.8 Å². The van der Waals surface area contributed by atoms with Gasteiger partial charge in [-0.05, 0) is 78.4 Å². The van der Waals surface area contributed by atoms with Gasteiger partial charge in [0.05, 0.1) is 22.8 Å². The zero-order chi connectivity index (χ0) is 28.8. The summed E-state index contributed by atoms with van der Waals surface area (Å²) in [5.74, 6) is -1.32. The van der Waals surface area contributed by atoms with Gasteiger partial charge >= 0.3 is 5.97 Å². The van der Waals surface area contributed by atoms with Crippen molar-refractivity contribution in [3.05, 3.63) is 120 Å². The molecule has 0 radical (unpaired) electrons. The van der Waals surface area contributed by atoms with E-state index in [9.17, 15) is 22.7 Å². The van der Waals surface area contributed by atoms with Gasteiger partial charge in [-0.1, -0.05) is 30.3 Å². The molecule has 0 amide bonds. The van der Waals surface area contributed by atoms with Crippen LogP contribution >= 0.6 is 11.3 Å². The molecule has 0 spiro atoms. The Morgan fingerprint density at radius 2 is 1.54 bits per heavy atom. The number of aromatic nitrogens is 1. The number of halogens is 1. The van der Waals surface area contributed by atoms with Gasteiger partial charge in [0.25, 0.3) is 0 Å². The monoisotopic (exact) mass is 588 g/mol. The van der Waals surface area contributed by atoms with Crippen molar-refractivity contribution in [1.29, 1.82) is 0 Å². The smallest absolute Gasteiger partial charge is 0.303 e. The number of aliphatic carboxylic acids is 1. The normalized spacial score (nSPS) is 12.0. The average Bonchev–Trinajstić information content (AvgIpc) is 3.43. The summed E-state index contributed by atoms with van der Waals surface area (Å²) in [6.07, 6.45) is -0.284. The van der Waals surface area contributed by atoms with E-state index in [-0.39, 0.29) is 22.9 Å². The molecule has 1 heterocycles. The summed E-state index contributed by atoms with van der Waals surface area (Å²) < 4.78 is 45.2. The Morgan fingerprint density at radius 1 is 0.902 bits per heavy atom. The molecule has 208 valence electrons. The first-order valence-corrected chi connectivity index (χ1v) is 15.1. The van der Waals surface area contributed by atoms with Gasteiger partial charge in [-0.15, -0.1) is 11.3 Å². The predicted molar refractivity (Wildman–Crippen MR) is 157 cm³/mol. The van der Waals surface area contributed by atoms with Crippen LogP contribution in [0.25, 0.3) is 11.3 Å². The van der Waals surface area contributed by atoms with E-state index in [0.717, 1.165) is 16.9 Å². The van der Waals surface area contributed by atoms with E-state index in [1.165, 1.54) is 35.6 Å². The molecule has 7 nitrogen and oxygen atoms in total. The van der Waals surface area contributed by atoms with E-state index < -0.39 is 21.7 Å². The molecule has 1 unspecified atom stereocenters. The number of rotatable bonds is 11. The lowest BCUT2D eigenvalue weighted by molar-refractivity contribution is -0.137. The van der Waals surface area contributed by atoms with Crippen molar-refractivity contribution in [3.63, 3.8) is 0 Å². The minimum atomic E-state index is -3.75. The van der Waals surface area contributed by atoms with E-state index in [2.05, 4.69) is 10.3 Å². The van der Waals surface area contributed by atoms with Crippen molar-refractivity contribution >= 4 is 38.0 Å². The van der Waals surface area contributed by atoms with E-state index in [0.29, 0.717) is 22.2 Å². The third-order valence-electron chi connectivity index (χ3n) is 6.28. The second kappa shape index (κ2) is 12.3. The van der Waals surface area contributed by atoms with Crippen LogP contribution in [0.5, 0.6) is 11.5 Å². The Labute approximate surface area is 240 Å². The number of anilines is 2. The first-order chi connectivity index (χ1) is 19.7. The molecule has 0 aliphatic rings. The minimum Gasteiger partial charge on any atom is -0.481 e. The molecule has 5 aromatic rings. The summed E-state index contributed by atoms with van der Waals surface area (Å²) in [5, 5.41) is 15.1. The number of nitrogens with zero attached hydrogens (tertiary/aromatic N) is 1. The molecule has 0 aliphatic carbocycles. The summed E-state index contributed by atoms with van der Waals surface area (Å²) in [6.45, 7) is 0. The van der Waals surface area contributed by atoms with Gasteiger partial charge in [0.1, 0.15) is 17.3 Å². The van der Waals surface area contributed by atoms with Crippen LogP contribution in [-0.4, -0.2) is 30.2 Å². The molecule has 10 heteroatoms. The fraction of sp³-hybridized carbons (Fsp3) is 0.0968. The van der Waals surface area contributed by atoms with Crippen molar-refractivity contribution in [2.24, 2.45) is 0 Å². The summed E-state index contributed by atoms with van der Waals surface area (Å²) in [5.41, 5.74) is 3.04. The van der Waals surface area contributed by atoms with E-state index in [1.54, 1.807) is 66.7 Å². The maximum atomic E-state index is 13.2. The minimum absolute atomic E-state index is 0.0965. The zero-order valence-corrected chi connectivity index (χ0v) is 23.2. The van der Waals surface area contributed by atoms with Crippen LogP contribution in [0, 0.1) is 5.82 Å². The quantitative estimate of drug-likeness (QED) is 0.164. The molecule has 41 heavy (non-hydrogen) atoms. The van der Waals surface area contributed by atoms with Crippen LogP contribution < -0.4 is 10.1 Å². The number of nitrogens with one attached hydrogen (secondary N) is 1. The average molecular weight is 589 g/mol. The number of benzene rings is 4. The van der Waals surface area contributed by atoms with Crippen molar-refractivity contribution in [2.75, 3.05) is 11.1 Å². The van der Waals surface area contributed by atoms with Gasteiger partial charge in [0.2, 0.25) is 0 Å². The molecule has 5 rings (SSSR count). The van der Waals surface area contributed by atoms with Crippen molar-refractivity contribution in [2.45, 2.75) is 17.2 Å². The van der Waals surface area contributed by atoms with Crippen LogP contribution in [-0.2, 0) is 14.6 Å². The summed E-state index contributed by atoms with van der Waals surface area (Å²) >= 11 is 1.43. The predicted octanol–water partition coefficient (Wildman–Crippen LogP) is 7.52. The highest BCUT2D eigenvalue weighted by Gasteiger charge is 2.25. The molecule has 2 N–H and O–H groups in total. The lowest BCUT2D eigenvalue weighted by atomic mass is 9.98. The number of thiazole rings is 1. The number of ether oxygens (including phenoxy) is 1. The molecular formula is C31H25FN2O5S2. The molecule has 1 atom stereocenters. The number of carbonyl (C=O) groups is 1. The highest BCUT2D eigenvalue weighted by molar-refractivity contribution is 7.91. The number of carboxylic acids is 1. The molecule has 0 aliphatic heterocycles. The third-order valence-corrected chi connectivity index (χ3v) is 8.87. The Bertz CT molecular complexity index is 1720. The lowest BCUT2D eigenvalue weighted by Gasteiger charge is -2.16. The van der Waals surface area contributed by atoms with Gasteiger partial charge in [-0.3, -0.25) is 4.79 Å². The van der Waals surface area contributed by atoms with Crippen LogP contribution in [0.4, 0.5) is 15.2 Å². The topological polar surface area (TPSA) is 106 Å². The lowest BCUT2D eigenvalue weighted by Crippen LogP contribution is -2.18. The highest BCUT2D eigenvalue weighted by atomic mass is 32.2. The van der Waals surface area contributed by atoms with Crippen molar-refractivity contribution < 1.29 is 27.4 Å². The number of carboxylic acid groups (broad SMARTS) is 1. The number of sulfone groups is 1. The molecule has 0 bridgehead atoms. The molecule has 0 fully saturated rings. The van der Waals surface area contributed by atoms with Crippen molar-refractivity contribution in [3.8, 4) is 22.8 Å². The third kappa shape index (κ3) is 7.36. The Kier molecular flexibility index (Phi) is 8.42. The van der Waals surface area contributed by atoms with Gasteiger partial charge < -0.3 is 15.2 Å². The number of hydrogen-bond donors (Lipinski definition) is 2. The molecule has 0 saturated heterocycles. The molecular weight excluding hydrogens is 563 g/mol. The Balaban J connectivity index is 1.21. The standard InChI is InChI=1S/C31H25FN2O5S2/c32-24-8-6-22(7-9-24)29-19-40-31(34-29)33-25-10-12-26(13-11-25)39-27-14-16-28(17-15-27)41(37,38)20-23(18-30(35)36)21-4-2-1-3-5-21/h1-17,19,23H,18,20H2,(H,33,34)(H,35,36). The van der Waals surface area contributed by atoms with Crippen LogP contribution in [0.15, 0.2) is 113 Å².